The lowest BCUT2D eigenvalue weighted by atomic mass is 9.78. The lowest BCUT2D eigenvalue weighted by molar-refractivity contribution is -0.145. The summed E-state index contributed by atoms with van der Waals surface area (Å²) in [5.41, 5.74) is 0.235. The first kappa shape index (κ1) is 11.4. The summed E-state index contributed by atoms with van der Waals surface area (Å²) < 4.78 is 24.2. The summed E-state index contributed by atoms with van der Waals surface area (Å²) >= 11 is 0. The van der Waals surface area contributed by atoms with Crippen LogP contribution in [0.2, 0.25) is 0 Å². The molecule has 0 saturated carbocycles. The smallest absolute Gasteiger partial charge is 0.315 e. The van der Waals surface area contributed by atoms with Crippen molar-refractivity contribution in [2.75, 3.05) is 13.1 Å². The molecule has 4 heteroatoms. The Balaban J connectivity index is 2.47. The summed E-state index contributed by atoms with van der Waals surface area (Å²) in [6.45, 7) is 5.21. The van der Waals surface area contributed by atoms with Gasteiger partial charge in [-0.25, -0.2) is 0 Å². The number of carbonyl (C=O) groups is 1. The average molecular weight is 205 g/mol. The van der Waals surface area contributed by atoms with Crippen molar-refractivity contribution in [3.63, 3.8) is 0 Å². The number of amides is 1. The normalized spacial score (nSPS) is 21.4. The van der Waals surface area contributed by atoms with Gasteiger partial charge in [-0.2, -0.15) is 8.78 Å². The summed E-state index contributed by atoms with van der Waals surface area (Å²) in [5.74, 6) is -1.01. The van der Waals surface area contributed by atoms with Crippen LogP contribution in [-0.4, -0.2) is 30.3 Å². The first-order valence-corrected chi connectivity index (χ1v) is 5.05. The molecule has 0 aromatic carbocycles. The minimum atomic E-state index is -2.85. The van der Waals surface area contributed by atoms with Crippen molar-refractivity contribution in [3.05, 3.63) is 0 Å². The van der Waals surface area contributed by atoms with E-state index in [1.807, 2.05) is 0 Å². The van der Waals surface area contributed by atoms with Gasteiger partial charge in [0.1, 0.15) is 0 Å². The molecule has 0 aliphatic carbocycles. The van der Waals surface area contributed by atoms with Crippen molar-refractivity contribution in [1.82, 2.24) is 4.90 Å². The van der Waals surface area contributed by atoms with Gasteiger partial charge >= 0.3 is 6.43 Å². The molecule has 0 unspecified atom stereocenters. The fraction of sp³-hybridized carbons (Fsp3) is 0.900. The van der Waals surface area contributed by atoms with Crippen LogP contribution in [0.15, 0.2) is 0 Å². The van der Waals surface area contributed by atoms with Gasteiger partial charge in [-0.05, 0) is 18.3 Å². The molecule has 82 valence electrons. The highest BCUT2D eigenvalue weighted by molar-refractivity contribution is 5.79. The zero-order valence-electron chi connectivity index (χ0n) is 8.72. The summed E-state index contributed by atoms with van der Waals surface area (Å²) in [6, 6.07) is 0. The number of piperidine rings is 1. The average Bonchev–Trinajstić information content (AvgIpc) is 2.18. The molecule has 0 bridgehead atoms. The van der Waals surface area contributed by atoms with E-state index in [1.165, 1.54) is 4.90 Å². The second-order valence-electron chi connectivity index (χ2n) is 4.29. The highest BCUT2D eigenvalue weighted by atomic mass is 19.3. The fourth-order valence-electron chi connectivity index (χ4n) is 1.76. The SMILES string of the molecule is CCC1(C)CCN(C(=O)C(F)F)CC1. The van der Waals surface area contributed by atoms with Crippen molar-refractivity contribution in [1.29, 1.82) is 0 Å². The maximum absolute atomic E-state index is 12.1. The number of hydrogen-bond acceptors (Lipinski definition) is 1. The Labute approximate surface area is 83.3 Å². The summed E-state index contributed by atoms with van der Waals surface area (Å²) in [6.07, 6.45) is -0.130. The molecule has 0 aromatic heterocycles. The Bertz CT molecular complexity index is 210. The van der Waals surface area contributed by atoms with Crippen molar-refractivity contribution >= 4 is 5.91 Å². The topological polar surface area (TPSA) is 20.3 Å². The Morgan fingerprint density at radius 1 is 1.43 bits per heavy atom. The van der Waals surface area contributed by atoms with E-state index in [1.54, 1.807) is 0 Å². The Hall–Kier alpha value is -0.670. The molecule has 0 spiro atoms. The molecule has 1 amide bonds. The molecule has 14 heavy (non-hydrogen) atoms. The van der Waals surface area contributed by atoms with Crippen LogP contribution in [0.5, 0.6) is 0 Å². The van der Waals surface area contributed by atoms with Crippen LogP contribution in [0.25, 0.3) is 0 Å². The molecule has 0 radical (unpaired) electrons. The van der Waals surface area contributed by atoms with E-state index in [4.69, 9.17) is 0 Å². The minimum absolute atomic E-state index is 0.235. The molecule has 0 N–H and O–H groups in total. The van der Waals surface area contributed by atoms with Gasteiger partial charge < -0.3 is 4.90 Å². The lowest BCUT2D eigenvalue weighted by Crippen LogP contribution is -2.44. The number of likely N-dealkylation sites (tertiary alicyclic amines) is 1. The third kappa shape index (κ3) is 2.42. The van der Waals surface area contributed by atoms with Gasteiger partial charge in [0.25, 0.3) is 5.91 Å². The van der Waals surface area contributed by atoms with Gasteiger partial charge in [0.2, 0.25) is 0 Å². The Morgan fingerprint density at radius 2 is 1.93 bits per heavy atom. The van der Waals surface area contributed by atoms with Gasteiger partial charge in [0, 0.05) is 13.1 Å². The van der Waals surface area contributed by atoms with E-state index in [2.05, 4.69) is 13.8 Å². The van der Waals surface area contributed by atoms with E-state index in [-0.39, 0.29) is 5.41 Å². The molecule has 0 aromatic rings. The standard InChI is InChI=1S/C10H17F2NO/c1-3-10(2)4-6-13(7-5-10)9(14)8(11)12/h8H,3-7H2,1-2H3. The van der Waals surface area contributed by atoms with Crippen LogP contribution in [0.3, 0.4) is 0 Å². The van der Waals surface area contributed by atoms with Crippen LogP contribution in [-0.2, 0) is 4.79 Å². The quantitative estimate of drug-likeness (QED) is 0.677. The van der Waals surface area contributed by atoms with Crippen molar-refractivity contribution in [3.8, 4) is 0 Å². The highest BCUT2D eigenvalue weighted by Crippen LogP contribution is 2.34. The molecular weight excluding hydrogens is 188 g/mol. The molecule has 2 nitrogen and oxygen atoms in total. The number of hydrogen-bond donors (Lipinski definition) is 0. The second kappa shape index (κ2) is 4.24. The van der Waals surface area contributed by atoms with Crippen LogP contribution in [0, 0.1) is 5.41 Å². The molecule has 1 aliphatic heterocycles. The number of carbonyl (C=O) groups excluding carboxylic acids is 1. The third-order valence-electron chi connectivity index (χ3n) is 3.32. The van der Waals surface area contributed by atoms with Gasteiger partial charge in [0.15, 0.2) is 0 Å². The zero-order chi connectivity index (χ0) is 10.8. The highest BCUT2D eigenvalue weighted by Gasteiger charge is 2.32. The molecule has 1 aliphatic rings. The Kier molecular flexibility index (Phi) is 3.45. The summed E-state index contributed by atoms with van der Waals surface area (Å²) in [5, 5.41) is 0. The monoisotopic (exact) mass is 205 g/mol. The molecule has 1 saturated heterocycles. The molecule has 1 fully saturated rings. The number of nitrogens with zero attached hydrogens (tertiary/aromatic N) is 1. The summed E-state index contributed by atoms with van der Waals surface area (Å²) in [4.78, 5) is 12.3. The number of halogens is 2. The summed E-state index contributed by atoms with van der Waals surface area (Å²) in [7, 11) is 0. The predicted molar refractivity (Wildman–Crippen MR) is 50.2 cm³/mol. The molecule has 1 heterocycles. The fourth-order valence-corrected chi connectivity index (χ4v) is 1.76. The molecular formula is C10H17F2NO. The van der Waals surface area contributed by atoms with Gasteiger partial charge in [-0.15, -0.1) is 0 Å². The third-order valence-corrected chi connectivity index (χ3v) is 3.32. The minimum Gasteiger partial charge on any atom is -0.338 e. The van der Waals surface area contributed by atoms with Crippen molar-refractivity contribution in [2.45, 2.75) is 39.5 Å². The van der Waals surface area contributed by atoms with E-state index in [0.29, 0.717) is 13.1 Å². The maximum atomic E-state index is 12.1. The largest absolute Gasteiger partial charge is 0.338 e. The molecule has 0 atom stereocenters. The predicted octanol–water partition coefficient (Wildman–Crippen LogP) is 2.29. The van der Waals surface area contributed by atoms with E-state index < -0.39 is 12.3 Å². The van der Waals surface area contributed by atoms with E-state index >= 15 is 0 Å². The van der Waals surface area contributed by atoms with E-state index in [0.717, 1.165) is 19.3 Å². The number of alkyl halides is 2. The van der Waals surface area contributed by atoms with Gasteiger partial charge in [-0.1, -0.05) is 20.3 Å². The Morgan fingerprint density at radius 3 is 2.29 bits per heavy atom. The first-order chi connectivity index (χ1) is 6.48. The van der Waals surface area contributed by atoms with Crippen molar-refractivity contribution in [2.24, 2.45) is 5.41 Å². The van der Waals surface area contributed by atoms with Gasteiger partial charge in [-0.3, -0.25) is 4.79 Å². The lowest BCUT2D eigenvalue weighted by Gasteiger charge is -2.38. The zero-order valence-corrected chi connectivity index (χ0v) is 8.72. The number of rotatable bonds is 2. The van der Waals surface area contributed by atoms with Crippen LogP contribution in [0.4, 0.5) is 8.78 Å². The van der Waals surface area contributed by atoms with Crippen LogP contribution >= 0.6 is 0 Å². The van der Waals surface area contributed by atoms with Crippen molar-refractivity contribution < 1.29 is 13.6 Å². The van der Waals surface area contributed by atoms with E-state index in [9.17, 15) is 13.6 Å². The van der Waals surface area contributed by atoms with Crippen LogP contribution in [0.1, 0.15) is 33.1 Å². The second-order valence-corrected chi connectivity index (χ2v) is 4.29. The molecule has 1 rings (SSSR count). The van der Waals surface area contributed by atoms with Crippen LogP contribution < -0.4 is 0 Å². The maximum Gasteiger partial charge on any atom is 0.315 e. The first-order valence-electron chi connectivity index (χ1n) is 5.05. The van der Waals surface area contributed by atoms with Gasteiger partial charge in [0.05, 0.1) is 0 Å².